The van der Waals surface area contributed by atoms with E-state index in [1.165, 1.54) is 12.1 Å². The Bertz CT molecular complexity index is 614. The van der Waals surface area contributed by atoms with Crippen LogP contribution in [-0.2, 0) is 0 Å². The maximum Gasteiger partial charge on any atom is 0.123 e. The van der Waals surface area contributed by atoms with Gasteiger partial charge in [-0.2, -0.15) is 0 Å². The molecule has 2 N–H and O–H groups in total. The van der Waals surface area contributed by atoms with Crippen molar-refractivity contribution in [1.82, 2.24) is 0 Å². The standard InChI is InChI=1S/C16H16FN/c1-10(2)13-6-4-11(3)8-14(13)15-9-12(17)5-7-16(15)18/h4-9H,1,18H2,2-3H3. The summed E-state index contributed by atoms with van der Waals surface area (Å²) in [5.74, 6) is -0.284. The number of hydrogen-bond donors (Lipinski definition) is 1. The molecule has 0 heterocycles. The summed E-state index contributed by atoms with van der Waals surface area (Å²) in [5, 5.41) is 0. The Balaban J connectivity index is 2.73. The molecule has 0 spiro atoms. The number of benzene rings is 2. The molecule has 0 aliphatic rings. The molecule has 0 aromatic heterocycles. The van der Waals surface area contributed by atoms with Crippen LogP contribution in [0.2, 0.25) is 0 Å². The fourth-order valence-corrected chi connectivity index (χ4v) is 2.01. The van der Waals surface area contributed by atoms with E-state index in [-0.39, 0.29) is 5.82 Å². The van der Waals surface area contributed by atoms with Gasteiger partial charge in [0.05, 0.1) is 0 Å². The molecule has 18 heavy (non-hydrogen) atoms. The molecule has 2 rings (SSSR count). The van der Waals surface area contributed by atoms with E-state index in [1.54, 1.807) is 6.07 Å². The third-order valence-corrected chi connectivity index (χ3v) is 2.94. The molecular weight excluding hydrogens is 225 g/mol. The highest BCUT2D eigenvalue weighted by atomic mass is 19.1. The maximum atomic E-state index is 13.4. The van der Waals surface area contributed by atoms with Gasteiger partial charge >= 0.3 is 0 Å². The van der Waals surface area contributed by atoms with Crippen LogP contribution >= 0.6 is 0 Å². The van der Waals surface area contributed by atoms with E-state index in [0.29, 0.717) is 5.69 Å². The van der Waals surface area contributed by atoms with Gasteiger partial charge in [-0.15, -0.1) is 0 Å². The van der Waals surface area contributed by atoms with Crippen molar-refractivity contribution in [2.45, 2.75) is 13.8 Å². The minimum absolute atomic E-state index is 0.284. The van der Waals surface area contributed by atoms with Crippen molar-refractivity contribution in [3.05, 3.63) is 59.9 Å². The molecule has 92 valence electrons. The summed E-state index contributed by atoms with van der Waals surface area (Å²) < 4.78 is 13.4. The van der Waals surface area contributed by atoms with Crippen LogP contribution in [0, 0.1) is 12.7 Å². The third kappa shape index (κ3) is 2.28. The van der Waals surface area contributed by atoms with E-state index in [9.17, 15) is 4.39 Å². The molecule has 0 amide bonds. The van der Waals surface area contributed by atoms with E-state index in [1.807, 2.05) is 32.0 Å². The van der Waals surface area contributed by atoms with Crippen LogP contribution < -0.4 is 5.73 Å². The molecule has 2 heteroatoms. The summed E-state index contributed by atoms with van der Waals surface area (Å²) in [5.41, 5.74) is 11.2. The largest absolute Gasteiger partial charge is 0.398 e. The quantitative estimate of drug-likeness (QED) is 0.774. The zero-order valence-electron chi connectivity index (χ0n) is 10.6. The van der Waals surface area contributed by atoms with Crippen LogP contribution in [0.25, 0.3) is 16.7 Å². The molecule has 1 nitrogen and oxygen atoms in total. The van der Waals surface area contributed by atoms with Crippen molar-refractivity contribution in [1.29, 1.82) is 0 Å². The minimum atomic E-state index is -0.284. The molecule has 0 fully saturated rings. The minimum Gasteiger partial charge on any atom is -0.398 e. The normalized spacial score (nSPS) is 10.4. The summed E-state index contributed by atoms with van der Waals surface area (Å²) in [6.45, 7) is 7.89. The Hall–Kier alpha value is -2.09. The summed E-state index contributed by atoms with van der Waals surface area (Å²) in [6.07, 6.45) is 0. The van der Waals surface area contributed by atoms with Gasteiger partial charge < -0.3 is 5.73 Å². The van der Waals surface area contributed by atoms with E-state index in [0.717, 1.165) is 27.8 Å². The molecule has 2 aromatic carbocycles. The van der Waals surface area contributed by atoms with Gasteiger partial charge in [0.1, 0.15) is 5.82 Å². The van der Waals surface area contributed by atoms with Crippen molar-refractivity contribution >= 4 is 11.3 Å². The lowest BCUT2D eigenvalue weighted by atomic mass is 9.93. The molecule has 0 bridgehead atoms. The summed E-state index contributed by atoms with van der Waals surface area (Å²) >= 11 is 0. The van der Waals surface area contributed by atoms with Crippen LogP contribution in [0.4, 0.5) is 10.1 Å². The average molecular weight is 241 g/mol. The van der Waals surface area contributed by atoms with Gasteiger partial charge in [0.25, 0.3) is 0 Å². The Labute approximate surface area is 107 Å². The number of halogens is 1. The maximum absolute atomic E-state index is 13.4. The summed E-state index contributed by atoms with van der Waals surface area (Å²) in [4.78, 5) is 0. The summed E-state index contributed by atoms with van der Waals surface area (Å²) in [7, 11) is 0. The third-order valence-electron chi connectivity index (χ3n) is 2.94. The predicted octanol–water partition coefficient (Wildman–Crippen LogP) is 4.42. The van der Waals surface area contributed by atoms with Crippen molar-refractivity contribution < 1.29 is 4.39 Å². The lowest BCUT2D eigenvalue weighted by Crippen LogP contribution is -1.94. The fourth-order valence-electron chi connectivity index (χ4n) is 2.01. The molecule has 0 aliphatic heterocycles. The first-order valence-corrected chi connectivity index (χ1v) is 5.81. The number of rotatable bonds is 2. The van der Waals surface area contributed by atoms with Crippen molar-refractivity contribution in [3.63, 3.8) is 0 Å². The van der Waals surface area contributed by atoms with Crippen LogP contribution in [-0.4, -0.2) is 0 Å². The van der Waals surface area contributed by atoms with Gasteiger partial charge in [-0.25, -0.2) is 4.39 Å². The number of nitrogen functional groups attached to an aromatic ring is 1. The first kappa shape index (κ1) is 12.4. The highest BCUT2D eigenvalue weighted by Crippen LogP contribution is 2.33. The molecule has 0 atom stereocenters. The Morgan fingerprint density at radius 1 is 1.11 bits per heavy atom. The Morgan fingerprint density at radius 2 is 1.83 bits per heavy atom. The lowest BCUT2D eigenvalue weighted by Gasteiger charge is -2.13. The van der Waals surface area contributed by atoms with Crippen molar-refractivity contribution in [2.24, 2.45) is 0 Å². The van der Waals surface area contributed by atoms with E-state index in [4.69, 9.17) is 5.73 Å². The second kappa shape index (κ2) is 4.65. The Morgan fingerprint density at radius 3 is 2.50 bits per heavy atom. The molecule has 0 saturated heterocycles. The van der Waals surface area contributed by atoms with Gasteiger partial charge in [0.2, 0.25) is 0 Å². The van der Waals surface area contributed by atoms with Gasteiger partial charge in [0, 0.05) is 11.3 Å². The highest BCUT2D eigenvalue weighted by molar-refractivity contribution is 5.85. The molecular formula is C16H16FN. The lowest BCUT2D eigenvalue weighted by molar-refractivity contribution is 0.628. The summed E-state index contributed by atoms with van der Waals surface area (Å²) in [6, 6.07) is 10.5. The van der Waals surface area contributed by atoms with Crippen molar-refractivity contribution in [3.8, 4) is 11.1 Å². The number of allylic oxidation sites excluding steroid dienone is 1. The topological polar surface area (TPSA) is 26.0 Å². The van der Waals surface area contributed by atoms with Gasteiger partial charge in [-0.3, -0.25) is 0 Å². The molecule has 0 aliphatic carbocycles. The first-order valence-electron chi connectivity index (χ1n) is 5.81. The van der Waals surface area contributed by atoms with Gasteiger partial charge in [-0.05, 0) is 43.2 Å². The fraction of sp³-hybridized carbons (Fsp3) is 0.125. The number of nitrogens with two attached hydrogens (primary N) is 1. The Kier molecular flexibility index (Phi) is 3.19. The monoisotopic (exact) mass is 241 g/mol. The van der Waals surface area contributed by atoms with Crippen LogP contribution in [0.1, 0.15) is 18.1 Å². The van der Waals surface area contributed by atoms with Gasteiger partial charge in [-0.1, -0.05) is 35.9 Å². The first-order chi connectivity index (χ1) is 8.49. The molecule has 0 radical (unpaired) electrons. The van der Waals surface area contributed by atoms with E-state index < -0.39 is 0 Å². The molecule has 0 saturated carbocycles. The molecule has 0 unspecified atom stereocenters. The zero-order chi connectivity index (χ0) is 13.3. The van der Waals surface area contributed by atoms with E-state index in [2.05, 4.69) is 6.58 Å². The second-order valence-corrected chi connectivity index (χ2v) is 4.56. The van der Waals surface area contributed by atoms with Crippen molar-refractivity contribution in [2.75, 3.05) is 5.73 Å². The van der Waals surface area contributed by atoms with Crippen LogP contribution in [0.5, 0.6) is 0 Å². The smallest absolute Gasteiger partial charge is 0.123 e. The average Bonchev–Trinajstić information content (AvgIpc) is 2.31. The molecule has 2 aromatic rings. The van der Waals surface area contributed by atoms with Crippen LogP contribution in [0.15, 0.2) is 43.0 Å². The van der Waals surface area contributed by atoms with Gasteiger partial charge in [0.15, 0.2) is 0 Å². The SMILES string of the molecule is C=C(C)c1ccc(C)cc1-c1cc(F)ccc1N. The number of anilines is 1. The van der Waals surface area contributed by atoms with E-state index >= 15 is 0 Å². The predicted molar refractivity (Wildman–Crippen MR) is 75.7 cm³/mol. The second-order valence-electron chi connectivity index (χ2n) is 4.56. The van der Waals surface area contributed by atoms with Crippen LogP contribution in [0.3, 0.4) is 0 Å². The number of hydrogen-bond acceptors (Lipinski definition) is 1. The number of aryl methyl sites for hydroxylation is 1. The highest BCUT2D eigenvalue weighted by Gasteiger charge is 2.10. The zero-order valence-corrected chi connectivity index (χ0v) is 10.6.